The molecule has 1 aliphatic rings. The van der Waals surface area contributed by atoms with E-state index in [1.54, 1.807) is 0 Å². The van der Waals surface area contributed by atoms with Crippen molar-refractivity contribution in [3.05, 3.63) is 35.9 Å². The Kier molecular flexibility index (Phi) is 6.22. The SMILES string of the molecule is CC(C)CC(NCC1CN(C)CCN1C)c1ccccc1. The largest absolute Gasteiger partial charge is 0.308 e. The molecule has 21 heavy (non-hydrogen) atoms. The van der Waals surface area contributed by atoms with Crippen LogP contribution in [0.5, 0.6) is 0 Å². The van der Waals surface area contributed by atoms with Crippen molar-refractivity contribution in [3.63, 3.8) is 0 Å². The molecule has 118 valence electrons. The van der Waals surface area contributed by atoms with E-state index in [0.717, 1.165) is 13.1 Å². The van der Waals surface area contributed by atoms with E-state index in [-0.39, 0.29) is 0 Å². The zero-order valence-electron chi connectivity index (χ0n) is 14.0. The molecule has 2 rings (SSSR count). The Morgan fingerprint density at radius 3 is 2.52 bits per heavy atom. The lowest BCUT2D eigenvalue weighted by Crippen LogP contribution is -2.54. The maximum absolute atomic E-state index is 3.82. The van der Waals surface area contributed by atoms with Gasteiger partial charge in [-0.15, -0.1) is 0 Å². The second-order valence-corrected chi connectivity index (χ2v) is 6.90. The molecule has 3 nitrogen and oxygen atoms in total. The highest BCUT2D eigenvalue weighted by atomic mass is 15.3. The van der Waals surface area contributed by atoms with E-state index >= 15 is 0 Å². The number of benzene rings is 1. The molecule has 1 fully saturated rings. The van der Waals surface area contributed by atoms with Crippen LogP contribution in [-0.4, -0.2) is 56.1 Å². The smallest absolute Gasteiger partial charge is 0.0345 e. The third kappa shape index (κ3) is 5.10. The lowest BCUT2D eigenvalue weighted by molar-refractivity contribution is 0.110. The first-order chi connectivity index (χ1) is 10.1. The maximum Gasteiger partial charge on any atom is 0.0345 e. The van der Waals surface area contributed by atoms with E-state index in [4.69, 9.17) is 0 Å². The molecule has 0 aromatic heterocycles. The number of nitrogens with zero attached hydrogens (tertiary/aromatic N) is 2. The second kappa shape index (κ2) is 7.92. The van der Waals surface area contributed by atoms with Crippen molar-refractivity contribution in [1.82, 2.24) is 15.1 Å². The third-order valence-electron chi connectivity index (χ3n) is 4.49. The molecule has 1 N–H and O–H groups in total. The summed E-state index contributed by atoms with van der Waals surface area (Å²) in [7, 11) is 4.47. The number of nitrogens with one attached hydrogen (secondary N) is 1. The maximum atomic E-state index is 3.82. The standard InChI is InChI=1S/C18H31N3/c1-15(2)12-18(16-8-6-5-7-9-16)19-13-17-14-20(3)10-11-21(17)4/h5-9,15,17-19H,10-14H2,1-4H3. The molecule has 0 spiro atoms. The molecule has 3 heteroatoms. The average Bonchev–Trinajstić information content (AvgIpc) is 2.47. The molecule has 1 heterocycles. The first-order valence-corrected chi connectivity index (χ1v) is 8.23. The highest BCUT2D eigenvalue weighted by Gasteiger charge is 2.23. The van der Waals surface area contributed by atoms with Crippen LogP contribution in [0.25, 0.3) is 0 Å². The number of hydrogen-bond acceptors (Lipinski definition) is 3. The van der Waals surface area contributed by atoms with E-state index < -0.39 is 0 Å². The highest BCUT2D eigenvalue weighted by molar-refractivity contribution is 5.19. The quantitative estimate of drug-likeness (QED) is 0.868. The summed E-state index contributed by atoms with van der Waals surface area (Å²) in [6.07, 6.45) is 1.19. The van der Waals surface area contributed by atoms with Gasteiger partial charge in [0.05, 0.1) is 0 Å². The highest BCUT2D eigenvalue weighted by Crippen LogP contribution is 2.21. The number of rotatable bonds is 6. The van der Waals surface area contributed by atoms with Crippen molar-refractivity contribution >= 4 is 0 Å². The van der Waals surface area contributed by atoms with Crippen LogP contribution in [0.3, 0.4) is 0 Å². The minimum atomic E-state index is 0.465. The summed E-state index contributed by atoms with van der Waals surface area (Å²) >= 11 is 0. The predicted molar refractivity (Wildman–Crippen MR) is 90.6 cm³/mol. The molecule has 1 aromatic carbocycles. The van der Waals surface area contributed by atoms with Crippen LogP contribution in [0.15, 0.2) is 30.3 Å². The Morgan fingerprint density at radius 2 is 1.86 bits per heavy atom. The lowest BCUT2D eigenvalue weighted by Gasteiger charge is -2.38. The van der Waals surface area contributed by atoms with Gasteiger partial charge in [-0.2, -0.15) is 0 Å². The molecule has 1 saturated heterocycles. The average molecular weight is 289 g/mol. The van der Waals surface area contributed by atoms with Crippen LogP contribution in [0.2, 0.25) is 0 Å². The van der Waals surface area contributed by atoms with E-state index in [2.05, 4.69) is 73.4 Å². The van der Waals surface area contributed by atoms with E-state index in [0.29, 0.717) is 18.0 Å². The van der Waals surface area contributed by atoms with Gasteiger partial charge in [-0.25, -0.2) is 0 Å². The topological polar surface area (TPSA) is 18.5 Å². The summed E-state index contributed by atoms with van der Waals surface area (Å²) in [5.41, 5.74) is 1.41. The van der Waals surface area contributed by atoms with Gasteiger partial charge < -0.3 is 10.2 Å². The normalized spacial score (nSPS) is 22.6. The number of likely N-dealkylation sites (N-methyl/N-ethyl adjacent to an activating group) is 2. The first-order valence-electron chi connectivity index (χ1n) is 8.23. The lowest BCUT2D eigenvalue weighted by atomic mass is 9.96. The molecule has 1 aromatic rings. The van der Waals surface area contributed by atoms with Crippen LogP contribution in [0.4, 0.5) is 0 Å². The molecule has 0 saturated carbocycles. The molecule has 0 bridgehead atoms. The van der Waals surface area contributed by atoms with Crippen molar-refractivity contribution < 1.29 is 0 Å². The van der Waals surface area contributed by atoms with Gasteiger partial charge in [0.2, 0.25) is 0 Å². The molecule has 2 atom stereocenters. The summed E-state index contributed by atoms with van der Waals surface area (Å²) < 4.78 is 0. The summed E-state index contributed by atoms with van der Waals surface area (Å²) in [6.45, 7) is 9.18. The fourth-order valence-electron chi connectivity index (χ4n) is 3.09. The van der Waals surface area contributed by atoms with Crippen LogP contribution >= 0.6 is 0 Å². The van der Waals surface area contributed by atoms with Crippen LogP contribution < -0.4 is 5.32 Å². The van der Waals surface area contributed by atoms with Gasteiger partial charge in [-0.3, -0.25) is 4.90 Å². The Labute approximate surface area is 130 Å². The fraction of sp³-hybridized carbons (Fsp3) is 0.667. The Balaban J connectivity index is 1.95. The van der Waals surface area contributed by atoms with Crippen molar-refractivity contribution in [3.8, 4) is 0 Å². The third-order valence-corrected chi connectivity index (χ3v) is 4.49. The minimum absolute atomic E-state index is 0.465. The van der Waals surface area contributed by atoms with E-state index in [1.165, 1.54) is 25.1 Å². The zero-order valence-corrected chi connectivity index (χ0v) is 14.0. The molecule has 0 radical (unpaired) electrons. The van der Waals surface area contributed by atoms with Crippen molar-refractivity contribution in [2.45, 2.75) is 32.4 Å². The molecule has 0 amide bonds. The monoisotopic (exact) mass is 289 g/mol. The van der Waals surface area contributed by atoms with Crippen LogP contribution in [0.1, 0.15) is 31.9 Å². The first kappa shape index (κ1) is 16.5. The van der Waals surface area contributed by atoms with Crippen molar-refractivity contribution in [2.24, 2.45) is 5.92 Å². The molecular formula is C18H31N3. The van der Waals surface area contributed by atoms with E-state index in [9.17, 15) is 0 Å². The molecular weight excluding hydrogens is 258 g/mol. The zero-order chi connectivity index (χ0) is 15.2. The predicted octanol–water partition coefficient (Wildman–Crippen LogP) is 2.61. The van der Waals surface area contributed by atoms with Crippen LogP contribution in [-0.2, 0) is 0 Å². The number of hydrogen-bond donors (Lipinski definition) is 1. The van der Waals surface area contributed by atoms with Gasteiger partial charge in [0.25, 0.3) is 0 Å². The fourth-order valence-corrected chi connectivity index (χ4v) is 3.09. The molecule has 0 aliphatic carbocycles. The molecule has 2 unspecified atom stereocenters. The number of piperazine rings is 1. The van der Waals surface area contributed by atoms with Gasteiger partial charge in [0, 0.05) is 38.3 Å². The van der Waals surface area contributed by atoms with E-state index in [1.807, 2.05) is 0 Å². The molecule has 1 aliphatic heterocycles. The van der Waals surface area contributed by atoms with Gasteiger partial charge in [0.1, 0.15) is 0 Å². The van der Waals surface area contributed by atoms with Crippen molar-refractivity contribution in [2.75, 3.05) is 40.3 Å². The summed E-state index contributed by atoms with van der Waals surface area (Å²) in [4.78, 5) is 4.93. The van der Waals surface area contributed by atoms with Gasteiger partial charge in [0.15, 0.2) is 0 Å². The second-order valence-electron chi connectivity index (χ2n) is 6.90. The van der Waals surface area contributed by atoms with Gasteiger partial charge in [-0.05, 0) is 32.0 Å². The van der Waals surface area contributed by atoms with Crippen molar-refractivity contribution in [1.29, 1.82) is 0 Å². The Morgan fingerprint density at radius 1 is 1.14 bits per heavy atom. The summed E-state index contributed by atoms with van der Waals surface area (Å²) in [6, 6.07) is 12.0. The summed E-state index contributed by atoms with van der Waals surface area (Å²) in [5.74, 6) is 0.703. The summed E-state index contributed by atoms with van der Waals surface area (Å²) in [5, 5.41) is 3.82. The Hall–Kier alpha value is -0.900. The van der Waals surface area contributed by atoms with Gasteiger partial charge in [-0.1, -0.05) is 44.2 Å². The minimum Gasteiger partial charge on any atom is -0.308 e. The van der Waals surface area contributed by atoms with Gasteiger partial charge >= 0.3 is 0 Å². The van der Waals surface area contributed by atoms with Crippen LogP contribution in [0, 0.1) is 5.92 Å². The Bertz CT molecular complexity index is 404.